The minimum atomic E-state index is -3.88. The molecule has 0 amide bonds. The van der Waals surface area contributed by atoms with E-state index in [4.69, 9.17) is 18.4 Å². The van der Waals surface area contributed by atoms with Gasteiger partial charge in [-0.1, -0.05) is 29.8 Å². The molecule has 0 saturated carbocycles. The fraction of sp³-hybridized carbons (Fsp3) is 0.375. The summed E-state index contributed by atoms with van der Waals surface area (Å²) in [5, 5.41) is 0. The van der Waals surface area contributed by atoms with Crippen LogP contribution < -0.4 is 4.74 Å². The summed E-state index contributed by atoms with van der Waals surface area (Å²) in [6.45, 7) is 2.45. The molecule has 33 heavy (non-hydrogen) atoms. The van der Waals surface area contributed by atoms with Gasteiger partial charge in [0.1, 0.15) is 11.9 Å². The van der Waals surface area contributed by atoms with Crippen LogP contribution in [0.3, 0.4) is 0 Å². The molecule has 1 aliphatic rings. The van der Waals surface area contributed by atoms with Crippen LogP contribution in [0, 0.1) is 6.92 Å². The number of imidazole rings is 1. The molecule has 2 aromatic carbocycles. The highest BCUT2D eigenvalue weighted by Gasteiger charge is 2.42. The lowest BCUT2D eigenvalue weighted by Crippen LogP contribution is -2.37. The first-order chi connectivity index (χ1) is 15.9. The fourth-order valence-electron chi connectivity index (χ4n) is 3.72. The van der Waals surface area contributed by atoms with Gasteiger partial charge >= 0.3 is 0 Å². The van der Waals surface area contributed by atoms with Gasteiger partial charge in [-0.05, 0) is 43.2 Å². The van der Waals surface area contributed by atoms with Gasteiger partial charge in [0.05, 0.1) is 38.1 Å². The Balaban J connectivity index is 1.41. The molecule has 4 rings (SSSR count). The summed E-state index contributed by atoms with van der Waals surface area (Å²) in [6, 6.07) is 14.4. The number of ether oxygens (including phenoxy) is 3. The first-order valence-corrected chi connectivity index (χ1v) is 12.1. The minimum Gasteiger partial charge on any atom is -0.497 e. The van der Waals surface area contributed by atoms with Gasteiger partial charge in [-0.3, -0.25) is 4.18 Å². The van der Waals surface area contributed by atoms with Gasteiger partial charge < -0.3 is 18.8 Å². The predicted octanol–water partition coefficient (Wildman–Crippen LogP) is 3.35. The Bertz CT molecular complexity index is 1130. The average molecular weight is 473 g/mol. The van der Waals surface area contributed by atoms with E-state index in [0.717, 1.165) is 16.9 Å². The van der Waals surface area contributed by atoms with Crippen molar-refractivity contribution >= 4 is 10.1 Å². The monoisotopic (exact) mass is 472 g/mol. The highest BCUT2D eigenvalue weighted by atomic mass is 32.2. The third kappa shape index (κ3) is 6.00. The largest absolute Gasteiger partial charge is 0.497 e. The molecule has 3 aromatic rings. The summed E-state index contributed by atoms with van der Waals surface area (Å²) in [5.74, 6) is -0.116. The van der Waals surface area contributed by atoms with Crippen molar-refractivity contribution in [3.05, 3.63) is 78.4 Å². The Morgan fingerprint density at radius 3 is 2.58 bits per heavy atom. The van der Waals surface area contributed by atoms with Crippen molar-refractivity contribution in [3.63, 3.8) is 0 Å². The van der Waals surface area contributed by atoms with Gasteiger partial charge in [-0.25, -0.2) is 4.98 Å². The fourth-order valence-corrected chi connectivity index (χ4v) is 4.65. The summed E-state index contributed by atoms with van der Waals surface area (Å²) in [4.78, 5) is 4.22. The van der Waals surface area contributed by atoms with Crippen molar-refractivity contribution < 1.29 is 26.8 Å². The highest BCUT2D eigenvalue weighted by Crippen LogP contribution is 2.31. The van der Waals surface area contributed by atoms with E-state index < -0.39 is 22.0 Å². The molecular weight excluding hydrogens is 444 g/mol. The first-order valence-electron chi connectivity index (χ1n) is 10.7. The number of benzene rings is 2. The van der Waals surface area contributed by atoms with Crippen molar-refractivity contribution in [2.45, 2.75) is 43.1 Å². The Morgan fingerprint density at radius 1 is 1.15 bits per heavy atom. The molecule has 0 aliphatic carbocycles. The number of aromatic nitrogens is 2. The van der Waals surface area contributed by atoms with Gasteiger partial charge in [-0.15, -0.1) is 0 Å². The van der Waals surface area contributed by atoms with Crippen LogP contribution in [0.1, 0.15) is 17.5 Å². The molecule has 0 N–H and O–H groups in total. The average Bonchev–Trinajstić information content (AvgIpc) is 3.48. The third-order valence-electron chi connectivity index (χ3n) is 5.57. The molecule has 1 aliphatic heterocycles. The smallest absolute Gasteiger partial charge is 0.297 e. The summed E-state index contributed by atoms with van der Waals surface area (Å²) in [6.07, 6.45) is 6.03. The predicted molar refractivity (Wildman–Crippen MR) is 121 cm³/mol. The van der Waals surface area contributed by atoms with Crippen molar-refractivity contribution in [2.75, 3.05) is 20.3 Å². The minimum absolute atomic E-state index is 0.121. The second-order valence-electron chi connectivity index (χ2n) is 8.10. The number of nitrogens with zero attached hydrogens (tertiary/aromatic N) is 2. The topological polar surface area (TPSA) is 88.9 Å². The number of hydrogen-bond acceptors (Lipinski definition) is 7. The standard InChI is InChI=1S/C24H28N2O6S/c1-19-3-9-23(10-4-19)33(27,28)31-16-22-15-30-24(32-22,17-26-14-13-25-18-26)12-11-20-5-7-21(29-2)8-6-20/h3-10,13-14,18,22H,11-12,15-17H2,1-2H3/t22-,24+/m0/s1. The number of hydrogen-bond donors (Lipinski definition) is 0. The quantitative estimate of drug-likeness (QED) is 0.418. The van der Waals surface area contributed by atoms with E-state index in [1.54, 1.807) is 31.8 Å². The molecule has 2 atom stereocenters. The van der Waals surface area contributed by atoms with Gasteiger partial charge in [0.15, 0.2) is 5.79 Å². The van der Waals surface area contributed by atoms with Crippen LogP contribution in [-0.2, 0) is 36.7 Å². The van der Waals surface area contributed by atoms with E-state index in [1.165, 1.54) is 12.1 Å². The second-order valence-corrected chi connectivity index (χ2v) is 9.71. The van der Waals surface area contributed by atoms with Crippen LogP contribution in [0.4, 0.5) is 0 Å². The molecule has 0 bridgehead atoms. The Morgan fingerprint density at radius 2 is 1.91 bits per heavy atom. The summed E-state index contributed by atoms with van der Waals surface area (Å²) in [5.41, 5.74) is 2.09. The van der Waals surface area contributed by atoms with E-state index in [0.29, 0.717) is 19.4 Å². The molecular formula is C24H28N2O6S. The van der Waals surface area contributed by atoms with E-state index >= 15 is 0 Å². The molecule has 0 spiro atoms. The van der Waals surface area contributed by atoms with Crippen LogP contribution in [0.15, 0.2) is 72.1 Å². The summed E-state index contributed by atoms with van der Waals surface area (Å²) >= 11 is 0. The number of aryl methyl sites for hydroxylation is 2. The van der Waals surface area contributed by atoms with E-state index in [-0.39, 0.29) is 18.1 Å². The van der Waals surface area contributed by atoms with Crippen LogP contribution in [0.25, 0.3) is 0 Å². The maximum Gasteiger partial charge on any atom is 0.297 e. The van der Waals surface area contributed by atoms with Gasteiger partial charge in [0.25, 0.3) is 10.1 Å². The van der Waals surface area contributed by atoms with Gasteiger partial charge in [0.2, 0.25) is 0 Å². The Kier molecular flexibility index (Phi) is 7.14. The van der Waals surface area contributed by atoms with Crippen molar-refractivity contribution in [2.24, 2.45) is 0 Å². The maximum atomic E-state index is 12.5. The lowest BCUT2D eigenvalue weighted by Gasteiger charge is -2.28. The molecule has 176 valence electrons. The lowest BCUT2D eigenvalue weighted by atomic mass is 10.0. The lowest BCUT2D eigenvalue weighted by molar-refractivity contribution is -0.184. The normalized spacial score (nSPS) is 20.7. The Hall–Kier alpha value is -2.72. The summed E-state index contributed by atoms with van der Waals surface area (Å²) < 4.78 is 49.8. The van der Waals surface area contributed by atoms with Crippen molar-refractivity contribution in [1.82, 2.24) is 9.55 Å². The molecule has 0 unspecified atom stereocenters. The maximum absolute atomic E-state index is 12.5. The van der Waals surface area contributed by atoms with Gasteiger partial charge in [-0.2, -0.15) is 8.42 Å². The number of rotatable bonds is 10. The molecule has 9 heteroatoms. The van der Waals surface area contributed by atoms with E-state index in [1.807, 2.05) is 42.0 Å². The SMILES string of the molecule is COc1ccc(CC[C@@]2(Cn3ccnc3)OC[C@@H](COS(=O)(=O)c3ccc(C)cc3)O2)cc1. The van der Waals surface area contributed by atoms with Crippen molar-refractivity contribution in [1.29, 1.82) is 0 Å². The zero-order valence-corrected chi connectivity index (χ0v) is 19.5. The van der Waals surface area contributed by atoms with Gasteiger partial charge in [0, 0.05) is 18.8 Å². The van der Waals surface area contributed by atoms with Crippen LogP contribution >= 0.6 is 0 Å². The van der Waals surface area contributed by atoms with E-state index in [2.05, 4.69) is 4.98 Å². The molecule has 1 aromatic heterocycles. The summed E-state index contributed by atoms with van der Waals surface area (Å²) in [7, 11) is -2.24. The molecule has 0 radical (unpaired) electrons. The molecule has 8 nitrogen and oxygen atoms in total. The first kappa shape index (κ1) is 23.4. The third-order valence-corrected chi connectivity index (χ3v) is 6.86. The van der Waals surface area contributed by atoms with Crippen LogP contribution in [0.2, 0.25) is 0 Å². The van der Waals surface area contributed by atoms with Crippen LogP contribution in [-0.4, -0.2) is 50.2 Å². The molecule has 1 fully saturated rings. The number of methoxy groups -OCH3 is 1. The molecule has 1 saturated heterocycles. The zero-order chi connectivity index (χ0) is 23.3. The highest BCUT2D eigenvalue weighted by molar-refractivity contribution is 7.86. The van der Waals surface area contributed by atoms with Crippen molar-refractivity contribution in [3.8, 4) is 5.75 Å². The van der Waals surface area contributed by atoms with E-state index in [9.17, 15) is 8.42 Å². The molecule has 2 heterocycles. The Labute approximate surface area is 194 Å². The second kappa shape index (κ2) is 10.0. The van der Waals surface area contributed by atoms with Crippen LogP contribution in [0.5, 0.6) is 5.75 Å². The zero-order valence-electron chi connectivity index (χ0n) is 18.7.